The molecular weight excluding hydrogens is 264 g/mol. The number of ether oxygens (including phenoxy) is 2. The third-order valence-corrected chi connectivity index (χ3v) is 3.94. The number of halogens is 1. The van der Waals surface area contributed by atoms with Gasteiger partial charge < -0.3 is 9.47 Å². The molecule has 1 fully saturated rings. The van der Waals surface area contributed by atoms with E-state index in [1.54, 1.807) is 7.11 Å². The third kappa shape index (κ3) is 3.46. The van der Waals surface area contributed by atoms with Crippen molar-refractivity contribution in [2.75, 3.05) is 39.9 Å². The number of methoxy groups -OCH3 is 1. The molecule has 19 heavy (non-hydrogen) atoms. The Morgan fingerprint density at radius 3 is 3.05 bits per heavy atom. The van der Waals surface area contributed by atoms with Crippen LogP contribution in [-0.4, -0.2) is 46.2 Å². The number of nitrogens with zero attached hydrogens (tertiary/aromatic N) is 1. The maximum absolute atomic E-state index is 7.41. The van der Waals surface area contributed by atoms with Crippen molar-refractivity contribution in [3.63, 3.8) is 0 Å². The SMILES string of the molecule is COC1C[N+](CCC[NH])(c2cccc(Cl)c2)CCO1. The minimum Gasteiger partial charge on any atom is -0.351 e. The molecule has 2 atom stereocenters. The highest BCUT2D eigenvalue weighted by Crippen LogP contribution is 2.29. The molecule has 1 heterocycles. The summed E-state index contributed by atoms with van der Waals surface area (Å²) in [5.41, 5.74) is 8.60. The van der Waals surface area contributed by atoms with Crippen LogP contribution in [0.2, 0.25) is 5.02 Å². The molecule has 1 aliphatic rings. The van der Waals surface area contributed by atoms with Gasteiger partial charge in [0.15, 0.2) is 0 Å². The van der Waals surface area contributed by atoms with E-state index < -0.39 is 0 Å². The van der Waals surface area contributed by atoms with Crippen LogP contribution in [0.15, 0.2) is 24.3 Å². The lowest BCUT2D eigenvalue weighted by atomic mass is 10.1. The fraction of sp³-hybridized carbons (Fsp3) is 0.571. The Morgan fingerprint density at radius 2 is 2.37 bits per heavy atom. The molecule has 2 unspecified atom stereocenters. The number of hydrogen-bond acceptors (Lipinski definition) is 2. The number of morpholine rings is 1. The lowest BCUT2D eigenvalue weighted by Gasteiger charge is -2.43. The minimum atomic E-state index is -0.182. The first kappa shape index (κ1) is 14.8. The van der Waals surface area contributed by atoms with E-state index in [0.717, 1.165) is 35.6 Å². The van der Waals surface area contributed by atoms with Crippen LogP contribution >= 0.6 is 11.6 Å². The number of nitrogens with one attached hydrogen (secondary N) is 1. The van der Waals surface area contributed by atoms with Crippen LogP contribution in [0.3, 0.4) is 0 Å². The first-order valence-electron chi connectivity index (χ1n) is 6.61. The van der Waals surface area contributed by atoms with Crippen molar-refractivity contribution in [1.82, 2.24) is 10.2 Å². The van der Waals surface area contributed by atoms with Gasteiger partial charge in [-0.25, -0.2) is 0 Å². The zero-order valence-corrected chi connectivity index (χ0v) is 12.0. The van der Waals surface area contributed by atoms with E-state index in [4.69, 9.17) is 26.8 Å². The van der Waals surface area contributed by atoms with Crippen molar-refractivity contribution in [3.05, 3.63) is 29.3 Å². The largest absolute Gasteiger partial charge is 0.351 e. The van der Waals surface area contributed by atoms with E-state index in [2.05, 4.69) is 6.07 Å². The Balaban J connectivity index is 2.28. The van der Waals surface area contributed by atoms with Crippen molar-refractivity contribution in [2.45, 2.75) is 12.7 Å². The van der Waals surface area contributed by atoms with Crippen LogP contribution in [-0.2, 0) is 9.47 Å². The van der Waals surface area contributed by atoms with Gasteiger partial charge >= 0.3 is 0 Å². The topological polar surface area (TPSA) is 42.3 Å². The number of benzene rings is 1. The summed E-state index contributed by atoms with van der Waals surface area (Å²) in [5, 5.41) is 0.751. The summed E-state index contributed by atoms with van der Waals surface area (Å²) in [6, 6.07) is 7.99. The van der Waals surface area contributed by atoms with Gasteiger partial charge in [0.2, 0.25) is 6.29 Å². The Morgan fingerprint density at radius 1 is 1.53 bits per heavy atom. The smallest absolute Gasteiger partial charge is 0.207 e. The first-order valence-corrected chi connectivity index (χ1v) is 6.99. The highest BCUT2D eigenvalue weighted by molar-refractivity contribution is 6.30. The van der Waals surface area contributed by atoms with E-state index in [1.165, 1.54) is 5.69 Å². The molecule has 1 aliphatic heterocycles. The van der Waals surface area contributed by atoms with Crippen molar-refractivity contribution in [3.8, 4) is 0 Å². The molecule has 0 amide bonds. The first-order chi connectivity index (χ1) is 9.20. The summed E-state index contributed by atoms with van der Waals surface area (Å²) in [7, 11) is 1.67. The molecule has 1 radical (unpaired) electrons. The molecule has 105 valence electrons. The van der Waals surface area contributed by atoms with Crippen LogP contribution in [0.25, 0.3) is 0 Å². The molecule has 0 saturated carbocycles. The summed E-state index contributed by atoms with van der Waals surface area (Å²) < 4.78 is 11.7. The van der Waals surface area contributed by atoms with Gasteiger partial charge in [0.25, 0.3) is 0 Å². The van der Waals surface area contributed by atoms with Gasteiger partial charge in [-0.15, -0.1) is 0 Å². The molecule has 1 aromatic rings. The zero-order valence-electron chi connectivity index (χ0n) is 11.3. The number of hydrogen-bond donors (Lipinski definition) is 0. The van der Waals surface area contributed by atoms with Crippen LogP contribution in [0.4, 0.5) is 5.69 Å². The molecule has 1 saturated heterocycles. The quantitative estimate of drug-likeness (QED) is 0.779. The lowest BCUT2D eigenvalue weighted by molar-refractivity contribution is -0.162. The van der Waals surface area contributed by atoms with Gasteiger partial charge in [-0.2, -0.15) is 0 Å². The van der Waals surface area contributed by atoms with Crippen LogP contribution in [0, 0.1) is 0 Å². The van der Waals surface area contributed by atoms with E-state index in [-0.39, 0.29) is 6.29 Å². The molecule has 0 aromatic heterocycles. The van der Waals surface area contributed by atoms with E-state index in [0.29, 0.717) is 13.2 Å². The molecule has 0 bridgehead atoms. The van der Waals surface area contributed by atoms with Crippen LogP contribution in [0.5, 0.6) is 0 Å². The van der Waals surface area contributed by atoms with Gasteiger partial charge in [-0.3, -0.25) is 10.2 Å². The predicted molar refractivity (Wildman–Crippen MR) is 77.2 cm³/mol. The van der Waals surface area contributed by atoms with E-state index in [1.807, 2.05) is 18.2 Å². The van der Waals surface area contributed by atoms with Gasteiger partial charge in [0.1, 0.15) is 18.8 Å². The Bertz CT molecular complexity index is 416. The average Bonchev–Trinajstić information content (AvgIpc) is 2.45. The summed E-state index contributed by atoms with van der Waals surface area (Å²) in [6.45, 7) is 3.71. The molecule has 1 aromatic carbocycles. The summed E-state index contributed by atoms with van der Waals surface area (Å²) in [5.74, 6) is 0. The molecule has 0 spiro atoms. The van der Waals surface area contributed by atoms with Crippen molar-refractivity contribution < 1.29 is 9.47 Å². The molecule has 5 heteroatoms. The highest BCUT2D eigenvalue weighted by atomic mass is 35.5. The normalized spacial score (nSPS) is 27.4. The molecular formula is C14H21ClN2O2+. The van der Waals surface area contributed by atoms with Gasteiger partial charge in [0.05, 0.1) is 13.2 Å². The summed E-state index contributed by atoms with van der Waals surface area (Å²) in [6.07, 6.45) is 0.682. The van der Waals surface area contributed by atoms with Crippen molar-refractivity contribution in [1.29, 1.82) is 0 Å². The van der Waals surface area contributed by atoms with Gasteiger partial charge in [-0.05, 0) is 12.1 Å². The third-order valence-electron chi connectivity index (χ3n) is 3.70. The Kier molecular flexibility index (Phi) is 5.19. The van der Waals surface area contributed by atoms with Crippen molar-refractivity contribution in [2.24, 2.45) is 0 Å². The highest BCUT2D eigenvalue weighted by Gasteiger charge is 2.37. The van der Waals surface area contributed by atoms with Crippen molar-refractivity contribution >= 4 is 17.3 Å². The van der Waals surface area contributed by atoms with Crippen LogP contribution < -0.4 is 10.2 Å². The average molecular weight is 285 g/mol. The predicted octanol–water partition coefficient (Wildman–Crippen LogP) is 2.32. The molecule has 1 N–H and O–H groups in total. The van der Waals surface area contributed by atoms with E-state index >= 15 is 0 Å². The fourth-order valence-electron chi connectivity index (χ4n) is 2.65. The molecule has 0 aliphatic carbocycles. The van der Waals surface area contributed by atoms with E-state index in [9.17, 15) is 0 Å². The monoisotopic (exact) mass is 284 g/mol. The van der Waals surface area contributed by atoms with Crippen LogP contribution in [0.1, 0.15) is 6.42 Å². The number of rotatable bonds is 5. The molecule has 2 rings (SSSR count). The second kappa shape index (κ2) is 6.68. The zero-order chi connectivity index (χ0) is 13.7. The summed E-state index contributed by atoms with van der Waals surface area (Å²) in [4.78, 5) is 0. The van der Waals surface area contributed by atoms with Gasteiger partial charge in [-0.1, -0.05) is 17.7 Å². The summed E-state index contributed by atoms with van der Waals surface area (Å²) >= 11 is 6.12. The maximum Gasteiger partial charge on any atom is 0.207 e. The Labute approximate surface area is 119 Å². The standard InChI is InChI=1S/C14H21ClN2O2/c1-18-14-11-17(7-3-6-16,8-9-19-14)13-5-2-4-12(15)10-13/h2,4-5,10,14,16H,3,6-9,11H2,1H3/q+1. The van der Waals surface area contributed by atoms with Gasteiger partial charge in [0, 0.05) is 31.2 Å². The second-order valence-electron chi connectivity index (χ2n) is 4.89. The Hall–Kier alpha value is -0.650. The molecule has 4 nitrogen and oxygen atoms in total. The number of quaternary nitrogens is 1. The lowest BCUT2D eigenvalue weighted by Crippen LogP contribution is -2.60. The second-order valence-corrected chi connectivity index (χ2v) is 5.33. The minimum absolute atomic E-state index is 0.182. The fourth-order valence-corrected chi connectivity index (χ4v) is 2.83. The maximum atomic E-state index is 7.41.